The lowest BCUT2D eigenvalue weighted by molar-refractivity contribution is -0.139. The molecular formula is C22H27BrFN3O4S. The summed E-state index contributed by atoms with van der Waals surface area (Å²) in [5.41, 5.74) is 0.514. The summed E-state index contributed by atoms with van der Waals surface area (Å²) in [7, 11) is -3.83. The van der Waals surface area contributed by atoms with Gasteiger partial charge in [0, 0.05) is 23.1 Å². The quantitative estimate of drug-likeness (QED) is 0.513. The maximum Gasteiger partial charge on any atom is 0.244 e. The van der Waals surface area contributed by atoms with Crippen molar-refractivity contribution < 1.29 is 22.4 Å². The van der Waals surface area contributed by atoms with E-state index in [0.29, 0.717) is 17.4 Å². The van der Waals surface area contributed by atoms with E-state index in [-0.39, 0.29) is 17.8 Å². The zero-order valence-electron chi connectivity index (χ0n) is 18.2. The molecule has 0 spiro atoms. The van der Waals surface area contributed by atoms with Crippen molar-refractivity contribution in [2.75, 3.05) is 23.7 Å². The van der Waals surface area contributed by atoms with Crippen LogP contribution in [0.4, 0.5) is 10.1 Å². The summed E-state index contributed by atoms with van der Waals surface area (Å²) in [6.45, 7) is 3.14. The van der Waals surface area contributed by atoms with Gasteiger partial charge in [-0.3, -0.25) is 13.9 Å². The zero-order valence-corrected chi connectivity index (χ0v) is 20.6. The highest BCUT2D eigenvalue weighted by Crippen LogP contribution is 2.28. The summed E-state index contributed by atoms with van der Waals surface area (Å²) in [5, 5.41) is 2.73. The maximum atomic E-state index is 14.3. The van der Waals surface area contributed by atoms with Crippen molar-refractivity contribution >= 4 is 43.5 Å². The highest BCUT2D eigenvalue weighted by atomic mass is 79.9. The number of benzene rings is 2. The molecule has 0 saturated carbocycles. The highest BCUT2D eigenvalue weighted by Gasteiger charge is 2.31. The van der Waals surface area contributed by atoms with Crippen LogP contribution in [0.25, 0.3) is 0 Å². The molecular weight excluding hydrogens is 501 g/mol. The molecule has 0 heterocycles. The Balaban J connectivity index is 2.40. The number of amides is 2. The molecule has 7 nitrogen and oxygen atoms in total. The molecule has 2 amide bonds. The largest absolute Gasteiger partial charge is 0.354 e. The van der Waals surface area contributed by atoms with Gasteiger partial charge in [-0.25, -0.2) is 12.8 Å². The molecule has 0 fully saturated rings. The Morgan fingerprint density at radius 1 is 1.12 bits per heavy atom. The van der Waals surface area contributed by atoms with E-state index in [0.717, 1.165) is 10.6 Å². The average molecular weight is 528 g/mol. The first-order valence-electron chi connectivity index (χ1n) is 10.1. The number of hydrogen-bond donors (Lipinski definition) is 1. The van der Waals surface area contributed by atoms with Crippen LogP contribution >= 0.6 is 15.9 Å². The summed E-state index contributed by atoms with van der Waals surface area (Å²) in [5.74, 6) is -1.55. The van der Waals surface area contributed by atoms with Gasteiger partial charge in [-0.1, -0.05) is 37.3 Å². The Hall–Kier alpha value is -2.46. The van der Waals surface area contributed by atoms with Crippen LogP contribution in [-0.2, 0) is 26.2 Å². The third-order valence-corrected chi connectivity index (χ3v) is 6.61. The smallest absolute Gasteiger partial charge is 0.244 e. The number of hydrogen-bond acceptors (Lipinski definition) is 4. The summed E-state index contributed by atoms with van der Waals surface area (Å²) < 4.78 is 40.7. The molecule has 0 aromatic heterocycles. The molecule has 0 aliphatic rings. The first-order valence-corrected chi connectivity index (χ1v) is 12.7. The van der Waals surface area contributed by atoms with Crippen molar-refractivity contribution in [3.05, 3.63) is 64.4 Å². The van der Waals surface area contributed by atoms with E-state index in [1.54, 1.807) is 30.3 Å². The lowest BCUT2D eigenvalue weighted by Gasteiger charge is -2.31. The molecule has 0 aliphatic carbocycles. The number of carbonyl (C=O) groups excluding carboxylic acids is 2. The third kappa shape index (κ3) is 6.77. The number of carbonyl (C=O) groups is 2. The fourth-order valence-corrected chi connectivity index (χ4v) is 4.52. The number of nitrogens with zero attached hydrogens (tertiary/aromatic N) is 2. The van der Waals surface area contributed by atoms with Crippen LogP contribution in [0, 0.1) is 5.82 Å². The molecule has 0 unspecified atom stereocenters. The Labute approximate surface area is 196 Å². The Kier molecular flexibility index (Phi) is 9.21. The SMILES string of the molecule is CCCNC(=O)[C@@H](C)N(Cc1ccccc1F)C(=O)CN(c1ccccc1Br)S(C)(=O)=O. The van der Waals surface area contributed by atoms with E-state index in [9.17, 15) is 22.4 Å². The molecule has 1 N–H and O–H groups in total. The Morgan fingerprint density at radius 2 is 1.75 bits per heavy atom. The van der Waals surface area contributed by atoms with Crippen LogP contribution in [0.3, 0.4) is 0 Å². The molecule has 0 radical (unpaired) electrons. The Morgan fingerprint density at radius 3 is 2.34 bits per heavy atom. The fraction of sp³-hybridized carbons (Fsp3) is 0.364. The molecule has 2 aromatic carbocycles. The van der Waals surface area contributed by atoms with Gasteiger partial charge >= 0.3 is 0 Å². The van der Waals surface area contributed by atoms with Crippen molar-refractivity contribution in [2.24, 2.45) is 0 Å². The average Bonchev–Trinajstić information content (AvgIpc) is 2.74. The lowest BCUT2D eigenvalue weighted by Crippen LogP contribution is -2.51. The van der Waals surface area contributed by atoms with Crippen molar-refractivity contribution in [3.63, 3.8) is 0 Å². The normalized spacial score (nSPS) is 12.2. The zero-order chi connectivity index (χ0) is 23.9. The molecule has 32 heavy (non-hydrogen) atoms. The number of nitrogens with one attached hydrogen (secondary N) is 1. The van der Waals surface area contributed by atoms with E-state index < -0.39 is 40.2 Å². The van der Waals surface area contributed by atoms with Crippen LogP contribution < -0.4 is 9.62 Å². The van der Waals surface area contributed by atoms with Crippen LogP contribution in [0.1, 0.15) is 25.8 Å². The maximum absolute atomic E-state index is 14.3. The van der Waals surface area contributed by atoms with E-state index in [2.05, 4.69) is 21.2 Å². The summed E-state index contributed by atoms with van der Waals surface area (Å²) in [6.07, 6.45) is 1.71. The van der Waals surface area contributed by atoms with Gasteiger partial charge in [-0.15, -0.1) is 0 Å². The van der Waals surface area contributed by atoms with Gasteiger partial charge in [0.05, 0.1) is 11.9 Å². The van der Waals surface area contributed by atoms with Gasteiger partial charge in [-0.2, -0.15) is 0 Å². The number of sulfonamides is 1. The minimum atomic E-state index is -3.83. The number of para-hydroxylation sites is 1. The van der Waals surface area contributed by atoms with Crippen molar-refractivity contribution in [1.29, 1.82) is 0 Å². The van der Waals surface area contributed by atoms with Crippen LogP contribution in [0.5, 0.6) is 0 Å². The van der Waals surface area contributed by atoms with E-state index in [1.807, 2.05) is 6.92 Å². The summed E-state index contributed by atoms with van der Waals surface area (Å²) in [6, 6.07) is 11.6. The standard InChI is InChI=1S/C22H27BrFN3O4S/c1-4-13-25-22(29)16(2)26(14-17-9-5-7-11-19(17)24)21(28)15-27(32(3,30)31)20-12-8-6-10-18(20)23/h5-12,16H,4,13-15H2,1-3H3,(H,25,29)/t16-/m1/s1. The molecule has 0 bridgehead atoms. The van der Waals surface area contributed by atoms with E-state index in [1.165, 1.54) is 30.0 Å². The molecule has 0 aliphatic heterocycles. The van der Waals surface area contributed by atoms with Crippen LogP contribution in [0.15, 0.2) is 53.0 Å². The molecule has 0 saturated heterocycles. The number of rotatable bonds is 10. The number of halogens is 2. The Bertz CT molecular complexity index is 1060. The molecule has 2 rings (SSSR count). The highest BCUT2D eigenvalue weighted by molar-refractivity contribution is 9.10. The lowest BCUT2D eigenvalue weighted by atomic mass is 10.1. The predicted molar refractivity (Wildman–Crippen MR) is 126 cm³/mol. The monoisotopic (exact) mass is 527 g/mol. The topological polar surface area (TPSA) is 86.8 Å². The van der Waals surface area contributed by atoms with Gasteiger partial charge in [-0.05, 0) is 47.5 Å². The van der Waals surface area contributed by atoms with Gasteiger partial charge in [0.2, 0.25) is 21.8 Å². The minimum Gasteiger partial charge on any atom is -0.354 e. The molecule has 174 valence electrons. The third-order valence-electron chi connectivity index (χ3n) is 4.82. The van der Waals surface area contributed by atoms with Crippen molar-refractivity contribution in [3.8, 4) is 0 Å². The minimum absolute atomic E-state index is 0.181. The van der Waals surface area contributed by atoms with Gasteiger partial charge in [0.25, 0.3) is 0 Å². The van der Waals surface area contributed by atoms with E-state index in [4.69, 9.17) is 0 Å². The second-order valence-electron chi connectivity index (χ2n) is 7.30. The van der Waals surface area contributed by atoms with Gasteiger partial charge in [0.1, 0.15) is 18.4 Å². The molecule has 10 heteroatoms. The fourth-order valence-electron chi connectivity index (χ4n) is 3.04. The second kappa shape index (κ2) is 11.4. The van der Waals surface area contributed by atoms with Gasteiger partial charge in [0.15, 0.2) is 0 Å². The summed E-state index contributed by atoms with van der Waals surface area (Å²) in [4.78, 5) is 27.1. The van der Waals surface area contributed by atoms with Crippen LogP contribution in [0.2, 0.25) is 0 Å². The van der Waals surface area contributed by atoms with E-state index >= 15 is 0 Å². The first kappa shape index (κ1) is 25.8. The second-order valence-corrected chi connectivity index (χ2v) is 10.1. The van der Waals surface area contributed by atoms with Crippen molar-refractivity contribution in [1.82, 2.24) is 10.2 Å². The first-order chi connectivity index (χ1) is 15.1. The van der Waals surface area contributed by atoms with Gasteiger partial charge < -0.3 is 10.2 Å². The summed E-state index contributed by atoms with van der Waals surface area (Å²) >= 11 is 3.32. The number of anilines is 1. The predicted octanol–water partition coefficient (Wildman–Crippen LogP) is 3.30. The molecule has 1 atom stereocenters. The van der Waals surface area contributed by atoms with Crippen LogP contribution in [-0.4, -0.2) is 50.5 Å². The molecule has 2 aromatic rings. The van der Waals surface area contributed by atoms with Crippen molar-refractivity contribution in [2.45, 2.75) is 32.9 Å².